The Morgan fingerprint density at radius 2 is 2.11 bits per heavy atom. The maximum atomic E-state index is 11.1. The first-order valence-electron chi connectivity index (χ1n) is 4.99. The zero-order chi connectivity index (χ0) is 14.2. The lowest BCUT2D eigenvalue weighted by atomic mass is 10.1. The minimum atomic E-state index is -3.99. The molecule has 2 aromatic rings. The standard InChI is InChI=1S/C9H9N5O4S/c1-5-2-3-6(14(15)16)4-7(5)8-11-9(13-12-8)19(10,17)18/h2-4H,1H3,(H2,10,17,18)(H,11,12,13). The van der Waals surface area contributed by atoms with Crippen LogP contribution < -0.4 is 5.14 Å². The summed E-state index contributed by atoms with van der Waals surface area (Å²) in [5, 5.41) is 21.0. The van der Waals surface area contributed by atoms with Crippen molar-refractivity contribution in [2.45, 2.75) is 12.1 Å². The number of hydrogen-bond donors (Lipinski definition) is 2. The number of rotatable bonds is 3. The number of aryl methyl sites for hydroxylation is 1. The Morgan fingerprint density at radius 1 is 1.42 bits per heavy atom. The highest BCUT2D eigenvalue weighted by Crippen LogP contribution is 2.25. The van der Waals surface area contributed by atoms with Crippen molar-refractivity contribution < 1.29 is 13.3 Å². The molecule has 0 aliphatic heterocycles. The zero-order valence-electron chi connectivity index (χ0n) is 9.69. The van der Waals surface area contributed by atoms with Crippen LogP contribution in [0.5, 0.6) is 0 Å². The van der Waals surface area contributed by atoms with E-state index >= 15 is 0 Å². The van der Waals surface area contributed by atoms with Crippen LogP contribution in [0.15, 0.2) is 23.4 Å². The van der Waals surface area contributed by atoms with Crippen molar-refractivity contribution in [3.8, 4) is 11.4 Å². The van der Waals surface area contributed by atoms with Crippen LogP contribution in [0.2, 0.25) is 0 Å². The summed E-state index contributed by atoms with van der Waals surface area (Å²) in [6.07, 6.45) is 0. The number of aromatic nitrogens is 3. The molecule has 0 atom stereocenters. The van der Waals surface area contributed by atoms with Crippen LogP contribution in [0.3, 0.4) is 0 Å². The van der Waals surface area contributed by atoms with Gasteiger partial charge in [-0.05, 0) is 12.5 Å². The summed E-state index contributed by atoms with van der Waals surface area (Å²) in [6.45, 7) is 1.70. The number of nitrogens with zero attached hydrogens (tertiary/aromatic N) is 3. The molecular formula is C9H9N5O4S. The number of H-pyrrole nitrogens is 1. The van der Waals surface area contributed by atoms with E-state index in [1.165, 1.54) is 18.2 Å². The summed E-state index contributed by atoms with van der Waals surface area (Å²) < 4.78 is 22.1. The Balaban J connectivity index is 2.56. The summed E-state index contributed by atoms with van der Waals surface area (Å²) in [4.78, 5) is 13.9. The van der Waals surface area contributed by atoms with E-state index in [0.717, 1.165) is 0 Å². The summed E-state index contributed by atoms with van der Waals surface area (Å²) in [7, 11) is -3.99. The van der Waals surface area contributed by atoms with E-state index in [2.05, 4.69) is 15.2 Å². The van der Waals surface area contributed by atoms with Crippen molar-refractivity contribution >= 4 is 15.7 Å². The Hall–Kier alpha value is -2.33. The van der Waals surface area contributed by atoms with E-state index in [4.69, 9.17) is 5.14 Å². The number of hydrogen-bond acceptors (Lipinski definition) is 6. The lowest BCUT2D eigenvalue weighted by molar-refractivity contribution is -0.384. The molecule has 1 heterocycles. The van der Waals surface area contributed by atoms with Gasteiger partial charge in [0.2, 0.25) is 0 Å². The molecule has 0 saturated heterocycles. The van der Waals surface area contributed by atoms with Gasteiger partial charge in [0.25, 0.3) is 20.9 Å². The van der Waals surface area contributed by atoms with Gasteiger partial charge in [-0.25, -0.2) is 18.7 Å². The van der Waals surface area contributed by atoms with Gasteiger partial charge in [-0.1, -0.05) is 6.07 Å². The molecule has 0 fully saturated rings. The Bertz CT molecular complexity index is 752. The SMILES string of the molecule is Cc1ccc([N+](=O)[O-])cc1-c1n[nH]c(S(N)(=O)=O)n1. The molecule has 0 radical (unpaired) electrons. The molecule has 1 aromatic carbocycles. The van der Waals surface area contributed by atoms with E-state index < -0.39 is 20.1 Å². The van der Waals surface area contributed by atoms with Gasteiger partial charge < -0.3 is 0 Å². The molecule has 9 nitrogen and oxygen atoms in total. The third-order valence-electron chi connectivity index (χ3n) is 2.41. The molecule has 0 aliphatic rings. The Morgan fingerprint density at radius 3 is 2.63 bits per heavy atom. The van der Waals surface area contributed by atoms with Gasteiger partial charge in [-0.2, -0.15) is 10.1 Å². The third kappa shape index (κ3) is 2.58. The van der Waals surface area contributed by atoms with Gasteiger partial charge >= 0.3 is 0 Å². The van der Waals surface area contributed by atoms with Crippen LogP contribution in [0.1, 0.15) is 5.56 Å². The first-order valence-corrected chi connectivity index (χ1v) is 6.54. The van der Waals surface area contributed by atoms with E-state index in [9.17, 15) is 18.5 Å². The Kier molecular flexibility index (Phi) is 3.04. The molecule has 0 saturated carbocycles. The minimum absolute atomic E-state index is 0.0326. The van der Waals surface area contributed by atoms with Gasteiger partial charge in [0.15, 0.2) is 5.82 Å². The first-order chi connectivity index (χ1) is 8.79. The monoisotopic (exact) mass is 283 g/mol. The average molecular weight is 283 g/mol. The quantitative estimate of drug-likeness (QED) is 0.613. The fraction of sp³-hybridized carbons (Fsp3) is 0.111. The number of nitro groups is 1. The lowest BCUT2D eigenvalue weighted by Crippen LogP contribution is -2.13. The van der Waals surface area contributed by atoms with Crippen molar-refractivity contribution in [3.05, 3.63) is 33.9 Å². The van der Waals surface area contributed by atoms with Gasteiger partial charge in [0.05, 0.1) is 4.92 Å². The van der Waals surface area contributed by atoms with Crippen molar-refractivity contribution in [2.75, 3.05) is 0 Å². The molecule has 0 bridgehead atoms. The van der Waals surface area contributed by atoms with Crippen LogP contribution in [-0.2, 0) is 10.0 Å². The molecule has 1 aromatic heterocycles. The van der Waals surface area contributed by atoms with Crippen LogP contribution in [0, 0.1) is 17.0 Å². The highest BCUT2D eigenvalue weighted by molar-refractivity contribution is 7.89. The Labute approximate surface area is 107 Å². The number of sulfonamides is 1. The second kappa shape index (κ2) is 4.40. The molecule has 3 N–H and O–H groups in total. The van der Waals surface area contributed by atoms with Crippen molar-refractivity contribution in [1.29, 1.82) is 0 Å². The van der Waals surface area contributed by atoms with E-state index in [1.807, 2.05) is 0 Å². The predicted molar refractivity (Wildman–Crippen MR) is 64.6 cm³/mol. The number of aromatic amines is 1. The molecule has 0 aliphatic carbocycles. The largest absolute Gasteiger partial charge is 0.273 e. The number of benzene rings is 1. The maximum absolute atomic E-state index is 11.1. The second-order valence-corrected chi connectivity index (χ2v) is 5.24. The van der Waals surface area contributed by atoms with Gasteiger partial charge in [-0.3, -0.25) is 10.1 Å². The smallest absolute Gasteiger partial charge is 0.258 e. The molecule has 0 spiro atoms. The highest BCUT2D eigenvalue weighted by Gasteiger charge is 2.18. The van der Waals surface area contributed by atoms with Crippen molar-refractivity contribution in [1.82, 2.24) is 15.2 Å². The first kappa shape index (κ1) is 13.1. The molecular weight excluding hydrogens is 274 g/mol. The predicted octanol–water partition coefficient (Wildman–Crippen LogP) is 0.336. The zero-order valence-corrected chi connectivity index (χ0v) is 10.5. The number of primary sulfonamides is 1. The number of nitrogens with two attached hydrogens (primary N) is 1. The highest BCUT2D eigenvalue weighted by atomic mass is 32.2. The van der Waals surface area contributed by atoms with Crippen LogP contribution >= 0.6 is 0 Å². The number of non-ortho nitro benzene ring substituents is 1. The van der Waals surface area contributed by atoms with Crippen LogP contribution in [-0.4, -0.2) is 28.5 Å². The summed E-state index contributed by atoms with van der Waals surface area (Å²) in [6, 6.07) is 4.14. The maximum Gasteiger partial charge on any atom is 0.273 e. The molecule has 0 unspecified atom stereocenters. The van der Waals surface area contributed by atoms with E-state index in [-0.39, 0.29) is 11.5 Å². The van der Waals surface area contributed by atoms with Crippen molar-refractivity contribution in [3.63, 3.8) is 0 Å². The summed E-state index contributed by atoms with van der Waals surface area (Å²) in [5.41, 5.74) is 0.897. The number of nitrogens with one attached hydrogen (secondary N) is 1. The third-order valence-corrected chi connectivity index (χ3v) is 3.13. The van der Waals surface area contributed by atoms with Gasteiger partial charge in [-0.15, -0.1) is 0 Å². The molecule has 19 heavy (non-hydrogen) atoms. The lowest BCUT2D eigenvalue weighted by Gasteiger charge is -2.00. The topological polar surface area (TPSA) is 145 Å². The summed E-state index contributed by atoms with van der Waals surface area (Å²) in [5.74, 6) is 0.0326. The van der Waals surface area contributed by atoms with Gasteiger partial charge in [0, 0.05) is 17.7 Å². The molecule has 2 rings (SSSR count). The van der Waals surface area contributed by atoms with Crippen molar-refractivity contribution in [2.24, 2.45) is 5.14 Å². The van der Waals surface area contributed by atoms with E-state index in [0.29, 0.717) is 11.1 Å². The van der Waals surface area contributed by atoms with E-state index in [1.54, 1.807) is 6.92 Å². The normalized spacial score (nSPS) is 11.5. The molecule has 0 amide bonds. The fourth-order valence-corrected chi connectivity index (χ4v) is 1.85. The van der Waals surface area contributed by atoms with Crippen LogP contribution in [0.25, 0.3) is 11.4 Å². The summed E-state index contributed by atoms with van der Waals surface area (Å²) >= 11 is 0. The second-order valence-electron chi connectivity index (χ2n) is 3.77. The molecule has 100 valence electrons. The molecule has 10 heteroatoms. The minimum Gasteiger partial charge on any atom is -0.258 e. The fourth-order valence-electron chi connectivity index (χ4n) is 1.46. The van der Waals surface area contributed by atoms with Gasteiger partial charge in [0.1, 0.15) is 0 Å². The number of nitro benzene ring substituents is 1. The average Bonchev–Trinajstić information content (AvgIpc) is 2.78. The van der Waals surface area contributed by atoms with Crippen LogP contribution in [0.4, 0.5) is 5.69 Å².